The molecule has 0 unspecified atom stereocenters. The summed E-state index contributed by atoms with van der Waals surface area (Å²) in [5.41, 5.74) is 4.83. The Morgan fingerprint density at radius 2 is 1.75 bits per heavy atom. The van der Waals surface area contributed by atoms with Crippen molar-refractivity contribution in [2.75, 3.05) is 6.61 Å². The number of carboxylic acids is 1. The van der Waals surface area contributed by atoms with Crippen LogP contribution in [0.4, 0.5) is 0 Å². The van der Waals surface area contributed by atoms with E-state index >= 15 is 0 Å². The van der Waals surface area contributed by atoms with E-state index in [4.69, 9.17) is 9.72 Å². The molecule has 2 aromatic carbocycles. The summed E-state index contributed by atoms with van der Waals surface area (Å²) in [6.07, 6.45) is 2.23. The number of benzene rings is 2. The van der Waals surface area contributed by atoms with Crippen LogP contribution in [0.5, 0.6) is 5.75 Å². The third-order valence-corrected chi connectivity index (χ3v) is 4.60. The number of carbonyl (C=O) groups is 1. The molecular formula is C24H25NO3. The maximum absolute atomic E-state index is 11.7. The summed E-state index contributed by atoms with van der Waals surface area (Å²) in [7, 11) is 0. The van der Waals surface area contributed by atoms with Gasteiger partial charge in [0.15, 0.2) is 0 Å². The molecule has 0 radical (unpaired) electrons. The molecule has 0 bridgehead atoms. The van der Waals surface area contributed by atoms with Crippen LogP contribution in [0.25, 0.3) is 11.3 Å². The van der Waals surface area contributed by atoms with Gasteiger partial charge in [0.1, 0.15) is 5.75 Å². The second-order valence-corrected chi connectivity index (χ2v) is 6.83. The van der Waals surface area contributed by atoms with Gasteiger partial charge in [-0.25, -0.2) is 4.79 Å². The molecule has 4 heteroatoms. The maximum Gasteiger partial charge on any atom is 0.337 e. The van der Waals surface area contributed by atoms with E-state index in [1.807, 2.05) is 24.3 Å². The average Bonchev–Trinajstić information content (AvgIpc) is 2.71. The maximum atomic E-state index is 11.7. The number of ether oxygens (including phenoxy) is 1. The number of aromatic carboxylic acids is 1. The van der Waals surface area contributed by atoms with E-state index in [2.05, 4.69) is 38.1 Å². The van der Waals surface area contributed by atoms with E-state index in [-0.39, 0.29) is 5.56 Å². The van der Waals surface area contributed by atoms with Gasteiger partial charge in [-0.15, -0.1) is 0 Å². The van der Waals surface area contributed by atoms with Crippen LogP contribution < -0.4 is 4.74 Å². The molecule has 0 aliphatic carbocycles. The second kappa shape index (κ2) is 9.18. The Kier molecular flexibility index (Phi) is 6.43. The second-order valence-electron chi connectivity index (χ2n) is 6.83. The molecule has 28 heavy (non-hydrogen) atoms. The first-order chi connectivity index (χ1) is 13.6. The Morgan fingerprint density at radius 3 is 2.46 bits per heavy atom. The van der Waals surface area contributed by atoms with Gasteiger partial charge >= 0.3 is 5.97 Å². The summed E-state index contributed by atoms with van der Waals surface area (Å²) in [5, 5.41) is 9.57. The number of para-hydroxylation sites is 1. The number of nitrogens with zero attached hydrogens (tertiary/aromatic N) is 1. The predicted octanol–water partition coefficient (Wildman–Crippen LogP) is 5.33. The Hall–Kier alpha value is -3.14. The largest absolute Gasteiger partial charge is 0.493 e. The van der Waals surface area contributed by atoms with Crippen LogP contribution in [0, 0.1) is 6.92 Å². The third kappa shape index (κ3) is 4.77. The molecule has 0 saturated carbocycles. The lowest BCUT2D eigenvalue weighted by atomic mass is 10.0. The summed E-state index contributed by atoms with van der Waals surface area (Å²) >= 11 is 0. The smallest absolute Gasteiger partial charge is 0.337 e. The van der Waals surface area contributed by atoms with Crippen LogP contribution in [0.15, 0.2) is 60.7 Å². The summed E-state index contributed by atoms with van der Waals surface area (Å²) in [4.78, 5) is 16.4. The van der Waals surface area contributed by atoms with Crippen molar-refractivity contribution in [2.24, 2.45) is 0 Å². The molecule has 0 fully saturated rings. The highest BCUT2D eigenvalue weighted by atomic mass is 16.5. The first-order valence-electron chi connectivity index (χ1n) is 9.59. The molecule has 0 spiro atoms. The van der Waals surface area contributed by atoms with E-state index in [0.717, 1.165) is 29.8 Å². The molecule has 3 rings (SSSR count). The first-order valence-corrected chi connectivity index (χ1v) is 9.59. The summed E-state index contributed by atoms with van der Waals surface area (Å²) in [6, 6.07) is 19.4. The number of carboxylic acid groups (broad SMARTS) is 1. The minimum Gasteiger partial charge on any atom is -0.493 e. The van der Waals surface area contributed by atoms with Crippen LogP contribution in [-0.2, 0) is 12.8 Å². The fourth-order valence-electron chi connectivity index (χ4n) is 3.07. The van der Waals surface area contributed by atoms with Crippen LogP contribution in [0.2, 0.25) is 0 Å². The van der Waals surface area contributed by atoms with Gasteiger partial charge in [0.2, 0.25) is 0 Å². The number of hydrogen-bond acceptors (Lipinski definition) is 3. The Bertz CT molecular complexity index is 948. The molecule has 144 valence electrons. The minimum absolute atomic E-state index is 0.253. The molecule has 0 atom stereocenters. The predicted molar refractivity (Wildman–Crippen MR) is 111 cm³/mol. The van der Waals surface area contributed by atoms with Gasteiger partial charge in [-0.1, -0.05) is 48.9 Å². The minimum atomic E-state index is -0.950. The molecule has 3 aromatic rings. The number of hydrogen-bond donors (Lipinski definition) is 1. The highest BCUT2D eigenvalue weighted by molar-refractivity contribution is 5.89. The molecule has 0 aliphatic heterocycles. The highest BCUT2D eigenvalue weighted by Gasteiger charge is 2.15. The van der Waals surface area contributed by atoms with E-state index in [1.165, 1.54) is 11.1 Å². The van der Waals surface area contributed by atoms with Gasteiger partial charge < -0.3 is 9.84 Å². The lowest BCUT2D eigenvalue weighted by Crippen LogP contribution is -2.07. The monoisotopic (exact) mass is 375 g/mol. The van der Waals surface area contributed by atoms with Crippen LogP contribution >= 0.6 is 0 Å². The Labute approximate surface area is 165 Å². The quantitative estimate of drug-likeness (QED) is 0.578. The number of pyridine rings is 1. The van der Waals surface area contributed by atoms with Crippen molar-refractivity contribution < 1.29 is 14.6 Å². The molecule has 0 amide bonds. The Morgan fingerprint density at radius 1 is 1.00 bits per heavy atom. The van der Waals surface area contributed by atoms with Crippen molar-refractivity contribution in [2.45, 2.75) is 33.1 Å². The van der Waals surface area contributed by atoms with Crippen LogP contribution in [0.1, 0.15) is 40.5 Å². The fraction of sp³-hybridized carbons (Fsp3) is 0.250. The summed E-state index contributed by atoms with van der Waals surface area (Å²) in [5.74, 6) is -0.183. The zero-order valence-corrected chi connectivity index (χ0v) is 16.3. The highest BCUT2D eigenvalue weighted by Crippen LogP contribution is 2.29. The van der Waals surface area contributed by atoms with Gasteiger partial charge in [-0.05, 0) is 56.0 Å². The number of aromatic nitrogens is 1. The molecule has 1 aromatic heterocycles. The number of aryl methyl sites for hydroxylation is 3. The van der Waals surface area contributed by atoms with Crippen molar-refractivity contribution in [3.63, 3.8) is 0 Å². The van der Waals surface area contributed by atoms with Crippen LogP contribution in [0.3, 0.4) is 0 Å². The van der Waals surface area contributed by atoms with E-state index in [9.17, 15) is 9.90 Å². The molecule has 1 N–H and O–H groups in total. The zero-order chi connectivity index (χ0) is 19.9. The van der Waals surface area contributed by atoms with Gasteiger partial charge in [-0.3, -0.25) is 4.98 Å². The van der Waals surface area contributed by atoms with Gasteiger partial charge in [0.05, 0.1) is 23.6 Å². The molecule has 0 saturated heterocycles. The lowest BCUT2D eigenvalue weighted by Gasteiger charge is -2.13. The fourth-order valence-corrected chi connectivity index (χ4v) is 3.07. The van der Waals surface area contributed by atoms with Crippen molar-refractivity contribution in [1.29, 1.82) is 0 Å². The summed E-state index contributed by atoms with van der Waals surface area (Å²) in [6.45, 7) is 4.74. The molecular weight excluding hydrogens is 350 g/mol. The lowest BCUT2D eigenvalue weighted by molar-refractivity contribution is 0.0695. The summed E-state index contributed by atoms with van der Waals surface area (Å²) < 4.78 is 5.84. The standard InChI is InChI=1S/C24H25NO3/c1-3-16-28-23-7-5-4-6-19(23)21-15-13-20(24(26)27)22(25-21)14-12-18-10-8-17(2)9-11-18/h4-11,13,15H,3,12,14,16H2,1-2H3,(H,26,27). The van der Waals surface area contributed by atoms with Crippen molar-refractivity contribution in [1.82, 2.24) is 4.98 Å². The normalized spacial score (nSPS) is 10.6. The average molecular weight is 375 g/mol. The van der Waals surface area contributed by atoms with E-state index < -0.39 is 5.97 Å². The molecule has 4 nitrogen and oxygen atoms in total. The zero-order valence-electron chi connectivity index (χ0n) is 16.3. The number of rotatable bonds is 8. The molecule has 1 heterocycles. The van der Waals surface area contributed by atoms with Crippen LogP contribution in [-0.4, -0.2) is 22.7 Å². The van der Waals surface area contributed by atoms with E-state index in [0.29, 0.717) is 18.7 Å². The topological polar surface area (TPSA) is 59.4 Å². The first kappa shape index (κ1) is 19.6. The van der Waals surface area contributed by atoms with Crippen molar-refractivity contribution in [3.8, 4) is 17.0 Å². The Balaban J connectivity index is 1.91. The molecule has 0 aliphatic rings. The van der Waals surface area contributed by atoms with Gasteiger partial charge in [0.25, 0.3) is 0 Å². The third-order valence-electron chi connectivity index (χ3n) is 4.60. The van der Waals surface area contributed by atoms with Crippen molar-refractivity contribution in [3.05, 3.63) is 83.0 Å². The van der Waals surface area contributed by atoms with Gasteiger partial charge in [-0.2, -0.15) is 0 Å². The SMILES string of the molecule is CCCOc1ccccc1-c1ccc(C(=O)O)c(CCc2ccc(C)cc2)n1. The van der Waals surface area contributed by atoms with Crippen molar-refractivity contribution >= 4 is 5.97 Å². The van der Waals surface area contributed by atoms with E-state index in [1.54, 1.807) is 12.1 Å². The van der Waals surface area contributed by atoms with Gasteiger partial charge in [0, 0.05) is 5.56 Å².